The maximum atomic E-state index is 13.0. The summed E-state index contributed by atoms with van der Waals surface area (Å²) in [6.07, 6.45) is -0.320. The number of aromatic nitrogens is 4. The predicted molar refractivity (Wildman–Crippen MR) is 108 cm³/mol. The van der Waals surface area contributed by atoms with Crippen LogP contribution in [0.5, 0.6) is 0 Å². The lowest BCUT2D eigenvalue weighted by Gasteiger charge is -2.22. The van der Waals surface area contributed by atoms with Gasteiger partial charge < -0.3 is 10.0 Å². The lowest BCUT2D eigenvalue weighted by atomic mass is 9.98. The van der Waals surface area contributed by atoms with E-state index in [1.165, 1.54) is 18.0 Å². The number of hydrogen-bond donors (Lipinski definition) is 1. The van der Waals surface area contributed by atoms with E-state index >= 15 is 0 Å². The van der Waals surface area contributed by atoms with E-state index < -0.39 is 28.9 Å². The molecule has 1 aromatic carbocycles. The van der Waals surface area contributed by atoms with Gasteiger partial charge in [0, 0.05) is 18.3 Å². The highest BCUT2D eigenvalue weighted by Gasteiger charge is 2.34. The predicted octanol–water partition coefficient (Wildman–Crippen LogP) is 1.51. The molecule has 1 N–H and O–H groups in total. The third kappa shape index (κ3) is 3.91. The molecule has 170 valence electrons. The van der Waals surface area contributed by atoms with E-state index in [0.29, 0.717) is 16.8 Å². The Labute approximate surface area is 182 Å². The minimum atomic E-state index is -4.13. The normalized spacial score (nSPS) is 14.7. The second-order valence-corrected chi connectivity index (χ2v) is 9.25. The summed E-state index contributed by atoms with van der Waals surface area (Å²) in [6.45, 7) is 0.591. The first-order valence-corrected chi connectivity index (χ1v) is 11.2. The van der Waals surface area contributed by atoms with Gasteiger partial charge in [-0.15, -0.1) is 0 Å². The second-order valence-electron chi connectivity index (χ2n) is 7.49. The van der Waals surface area contributed by atoms with E-state index in [4.69, 9.17) is 0 Å². The molecule has 1 atom stereocenters. The number of nitrogens with zero attached hydrogens (tertiary/aromatic N) is 5. The molecule has 2 aromatic heterocycles. The molecule has 1 amide bonds. The van der Waals surface area contributed by atoms with E-state index in [1.54, 1.807) is 24.3 Å². The van der Waals surface area contributed by atoms with Crippen LogP contribution >= 0.6 is 0 Å². The van der Waals surface area contributed by atoms with Crippen molar-refractivity contribution in [1.82, 2.24) is 23.9 Å². The lowest BCUT2D eigenvalue weighted by molar-refractivity contribution is -0.134. The third-order valence-corrected chi connectivity index (χ3v) is 7.08. The number of carbonyl (C=O) groups is 1. The Morgan fingerprint density at radius 2 is 1.94 bits per heavy atom. The van der Waals surface area contributed by atoms with E-state index in [0.717, 1.165) is 15.0 Å². The molecule has 9 nitrogen and oxygen atoms in total. The minimum absolute atomic E-state index is 0.0893. The van der Waals surface area contributed by atoms with Crippen molar-refractivity contribution in [2.24, 2.45) is 0 Å². The van der Waals surface area contributed by atoms with Gasteiger partial charge in [0.05, 0.1) is 36.7 Å². The van der Waals surface area contributed by atoms with E-state index in [9.17, 15) is 27.1 Å². The summed E-state index contributed by atoms with van der Waals surface area (Å²) < 4.78 is 53.0. The van der Waals surface area contributed by atoms with Gasteiger partial charge in [0.2, 0.25) is 5.91 Å². The minimum Gasteiger partial charge on any atom is -0.395 e. The number of fused-ring (bicyclic) bond motifs is 1. The maximum absolute atomic E-state index is 13.0. The van der Waals surface area contributed by atoms with Gasteiger partial charge in [-0.05, 0) is 12.5 Å². The zero-order valence-corrected chi connectivity index (χ0v) is 17.9. The summed E-state index contributed by atoms with van der Waals surface area (Å²) in [5.41, 5.74) is 1.76. The Morgan fingerprint density at radius 1 is 1.22 bits per heavy atom. The van der Waals surface area contributed by atoms with Crippen molar-refractivity contribution in [1.29, 1.82) is 0 Å². The van der Waals surface area contributed by atoms with Crippen LogP contribution in [0, 0.1) is 6.92 Å². The third-order valence-electron chi connectivity index (χ3n) is 5.45. The fraction of sp³-hybridized carbons (Fsp3) is 0.350. The standard InChI is InChI=1S/C20H21F2N5O4S/c1-13-18(7-23-26(13)11-19(21)22)32(30,31)27-9-15-8-25(10-17(15)24-27)20(29)16(12-28)14-5-3-2-4-6-14/h2-7,9,16,19,28H,8,10-12H2,1H3/t16-/m1/s1. The Kier molecular flexibility index (Phi) is 5.82. The zero-order valence-electron chi connectivity index (χ0n) is 17.1. The van der Waals surface area contributed by atoms with E-state index in [2.05, 4.69) is 10.2 Å². The van der Waals surface area contributed by atoms with Crippen molar-refractivity contribution < 1.29 is 27.1 Å². The number of amides is 1. The van der Waals surface area contributed by atoms with Crippen LogP contribution in [0.3, 0.4) is 0 Å². The topological polar surface area (TPSA) is 110 Å². The Bertz CT molecular complexity index is 1220. The highest BCUT2D eigenvalue weighted by molar-refractivity contribution is 7.89. The SMILES string of the molecule is Cc1c(S(=O)(=O)n2cc3c(n2)CN(C(=O)[C@H](CO)c2ccccc2)C3)cnn1CC(F)F. The van der Waals surface area contributed by atoms with Crippen LogP contribution in [-0.4, -0.2) is 56.3 Å². The van der Waals surface area contributed by atoms with Crippen molar-refractivity contribution in [3.8, 4) is 0 Å². The van der Waals surface area contributed by atoms with Crippen LogP contribution in [0.25, 0.3) is 0 Å². The number of hydrogen-bond acceptors (Lipinski definition) is 6. The molecule has 0 unspecified atom stereocenters. The smallest absolute Gasteiger partial charge is 0.286 e. The highest BCUT2D eigenvalue weighted by Crippen LogP contribution is 2.28. The van der Waals surface area contributed by atoms with E-state index in [-0.39, 0.29) is 36.2 Å². The molecule has 3 heterocycles. The van der Waals surface area contributed by atoms with Gasteiger partial charge in [0.1, 0.15) is 11.4 Å². The average molecular weight is 465 g/mol. The molecule has 1 aliphatic heterocycles. The Balaban J connectivity index is 1.54. The second kappa shape index (κ2) is 8.43. The number of alkyl halides is 2. The molecular formula is C20H21F2N5O4S. The molecule has 0 radical (unpaired) electrons. The number of benzene rings is 1. The number of rotatable bonds is 7. The molecule has 0 fully saturated rings. The van der Waals surface area contributed by atoms with Crippen LogP contribution in [0.15, 0.2) is 47.6 Å². The first-order valence-electron chi connectivity index (χ1n) is 9.80. The van der Waals surface area contributed by atoms with Gasteiger partial charge >= 0.3 is 0 Å². The molecule has 0 spiro atoms. The number of halogens is 2. The van der Waals surface area contributed by atoms with Crippen molar-refractivity contribution in [3.05, 3.63) is 65.2 Å². The lowest BCUT2D eigenvalue weighted by Crippen LogP contribution is -2.33. The highest BCUT2D eigenvalue weighted by atomic mass is 32.2. The molecular weight excluding hydrogens is 444 g/mol. The average Bonchev–Trinajstić information content (AvgIpc) is 3.43. The largest absolute Gasteiger partial charge is 0.395 e. The molecule has 32 heavy (non-hydrogen) atoms. The van der Waals surface area contributed by atoms with Crippen LogP contribution in [-0.2, 0) is 34.5 Å². The van der Waals surface area contributed by atoms with Gasteiger partial charge in [-0.25, -0.2) is 8.78 Å². The van der Waals surface area contributed by atoms with Crippen molar-refractivity contribution in [2.75, 3.05) is 6.61 Å². The molecule has 4 rings (SSSR count). The number of aliphatic hydroxyl groups is 1. The Hall–Kier alpha value is -3.12. The van der Waals surface area contributed by atoms with Gasteiger partial charge in [-0.2, -0.15) is 22.7 Å². The molecule has 0 bridgehead atoms. The molecule has 0 aliphatic carbocycles. The first kappa shape index (κ1) is 22.1. The summed E-state index contributed by atoms with van der Waals surface area (Å²) in [7, 11) is -4.13. The quantitative estimate of drug-likeness (QED) is 0.566. The van der Waals surface area contributed by atoms with Gasteiger partial charge in [-0.1, -0.05) is 30.3 Å². The maximum Gasteiger partial charge on any atom is 0.286 e. The molecule has 1 aliphatic rings. The van der Waals surface area contributed by atoms with E-state index in [1.807, 2.05) is 6.07 Å². The van der Waals surface area contributed by atoms with Crippen LogP contribution in [0.1, 0.15) is 28.4 Å². The van der Waals surface area contributed by atoms with Crippen LogP contribution < -0.4 is 0 Å². The molecule has 12 heteroatoms. The van der Waals surface area contributed by atoms with Crippen molar-refractivity contribution >= 4 is 15.9 Å². The molecule has 3 aromatic rings. The molecule has 0 saturated heterocycles. The van der Waals surface area contributed by atoms with Gasteiger partial charge in [0.15, 0.2) is 0 Å². The van der Waals surface area contributed by atoms with Crippen molar-refractivity contribution in [2.45, 2.75) is 43.8 Å². The summed E-state index contributed by atoms with van der Waals surface area (Å²) in [5.74, 6) is -1.00. The summed E-state index contributed by atoms with van der Waals surface area (Å²) in [4.78, 5) is 14.2. The van der Waals surface area contributed by atoms with Gasteiger partial charge in [0.25, 0.3) is 16.4 Å². The summed E-state index contributed by atoms with van der Waals surface area (Å²) >= 11 is 0. The fourth-order valence-electron chi connectivity index (χ4n) is 3.74. The number of aliphatic hydroxyl groups excluding tert-OH is 1. The summed E-state index contributed by atoms with van der Waals surface area (Å²) in [6, 6.07) is 8.90. The van der Waals surface area contributed by atoms with Crippen molar-refractivity contribution in [3.63, 3.8) is 0 Å². The van der Waals surface area contributed by atoms with Gasteiger partial charge in [-0.3, -0.25) is 9.48 Å². The Morgan fingerprint density at radius 3 is 2.56 bits per heavy atom. The monoisotopic (exact) mass is 465 g/mol. The molecule has 0 saturated carbocycles. The van der Waals surface area contributed by atoms with Crippen LogP contribution in [0.4, 0.5) is 8.78 Å². The van der Waals surface area contributed by atoms with Crippen LogP contribution in [0.2, 0.25) is 0 Å². The number of carbonyl (C=O) groups excluding carboxylic acids is 1. The first-order chi connectivity index (χ1) is 15.2. The fourth-order valence-corrected chi connectivity index (χ4v) is 5.07. The summed E-state index contributed by atoms with van der Waals surface area (Å²) in [5, 5.41) is 17.6. The zero-order chi connectivity index (χ0) is 23.0.